The first-order chi connectivity index (χ1) is 13.1. The quantitative estimate of drug-likeness (QED) is 0.727. The second-order valence-electron chi connectivity index (χ2n) is 6.89. The van der Waals surface area contributed by atoms with Crippen LogP contribution in [-0.4, -0.2) is 38.6 Å². The van der Waals surface area contributed by atoms with Crippen molar-refractivity contribution in [2.75, 3.05) is 18.4 Å². The molecule has 1 fully saturated rings. The number of hydrogen-bond acceptors (Lipinski definition) is 3. The number of rotatable bonds is 3. The van der Waals surface area contributed by atoms with Gasteiger partial charge < -0.3 is 14.8 Å². The summed E-state index contributed by atoms with van der Waals surface area (Å²) < 4.78 is 2.15. The molecule has 6 nitrogen and oxygen atoms in total. The topological polar surface area (TPSA) is 63.1 Å². The van der Waals surface area contributed by atoms with E-state index in [0.29, 0.717) is 23.8 Å². The van der Waals surface area contributed by atoms with Gasteiger partial charge in [0, 0.05) is 42.5 Å². The zero-order valence-corrected chi connectivity index (χ0v) is 16.2. The van der Waals surface area contributed by atoms with E-state index in [2.05, 4.69) is 21.8 Å². The van der Waals surface area contributed by atoms with Crippen molar-refractivity contribution in [3.8, 4) is 0 Å². The molecule has 7 heteroatoms. The monoisotopic (exact) mass is 383 g/mol. The van der Waals surface area contributed by atoms with E-state index in [1.807, 2.05) is 36.1 Å². The number of halogens is 1. The van der Waals surface area contributed by atoms with Crippen molar-refractivity contribution >= 4 is 34.5 Å². The van der Waals surface area contributed by atoms with Crippen LogP contribution in [0.4, 0.5) is 10.5 Å². The lowest BCUT2D eigenvalue weighted by Gasteiger charge is -2.18. The number of benzene rings is 1. The van der Waals surface area contributed by atoms with Gasteiger partial charge in [0.15, 0.2) is 5.65 Å². The molecule has 2 aromatic heterocycles. The Labute approximate surface area is 163 Å². The number of nitrogens with one attached hydrogen (secondary N) is 1. The van der Waals surface area contributed by atoms with Crippen LogP contribution in [0.1, 0.15) is 30.7 Å². The van der Waals surface area contributed by atoms with Gasteiger partial charge in [0.1, 0.15) is 11.3 Å². The molecule has 1 atom stereocenters. The molecular weight excluding hydrogens is 362 g/mol. The average molecular weight is 384 g/mol. The van der Waals surface area contributed by atoms with Gasteiger partial charge >= 0.3 is 6.03 Å². The van der Waals surface area contributed by atoms with Crippen LogP contribution in [0.25, 0.3) is 11.2 Å². The van der Waals surface area contributed by atoms with Crippen molar-refractivity contribution in [2.45, 2.75) is 32.7 Å². The molecule has 0 aliphatic carbocycles. The Kier molecular flexibility index (Phi) is 4.74. The highest BCUT2D eigenvalue weighted by atomic mass is 35.5. The van der Waals surface area contributed by atoms with Crippen molar-refractivity contribution in [3.63, 3.8) is 0 Å². The molecule has 4 rings (SSSR count). The van der Waals surface area contributed by atoms with Crippen LogP contribution in [-0.2, 0) is 6.54 Å². The summed E-state index contributed by atoms with van der Waals surface area (Å²) in [5, 5.41) is 3.59. The predicted molar refractivity (Wildman–Crippen MR) is 107 cm³/mol. The van der Waals surface area contributed by atoms with Gasteiger partial charge in [0.05, 0.1) is 0 Å². The number of carbonyl (C=O) groups excluding carboxylic acids is 1. The third kappa shape index (κ3) is 3.37. The zero-order chi connectivity index (χ0) is 19.0. The predicted octanol–water partition coefficient (Wildman–Crippen LogP) is 4.43. The van der Waals surface area contributed by atoms with Crippen LogP contribution in [0.5, 0.6) is 0 Å². The molecule has 1 saturated heterocycles. The number of pyridine rings is 1. The van der Waals surface area contributed by atoms with Crippen LogP contribution in [0.15, 0.2) is 36.5 Å². The van der Waals surface area contributed by atoms with E-state index in [1.54, 1.807) is 12.3 Å². The molecule has 0 unspecified atom stereocenters. The molecule has 3 heterocycles. The minimum Gasteiger partial charge on any atom is -0.324 e. The highest BCUT2D eigenvalue weighted by Crippen LogP contribution is 2.29. The summed E-state index contributed by atoms with van der Waals surface area (Å²) in [5.74, 6) is 1.23. The summed E-state index contributed by atoms with van der Waals surface area (Å²) in [4.78, 5) is 23.7. The number of hydrogen-bond donors (Lipinski definition) is 1. The molecule has 1 aliphatic rings. The Bertz CT molecular complexity index is 999. The fourth-order valence-corrected chi connectivity index (χ4v) is 3.81. The first kappa shape index (κ1) is 17.8. The van der Waals surface area contributed by atoms with Gasteiger partial charge in [-0.25, -0.2) is 14.8 Å². The molecule has 0 radical (unpaired) electrons. The van der Waals surface area contributed by atoms with E-state index in [-0.39, 0.29) is 11.9 Å². The number of nitrogens with zero attached hydrogens (tertiary/aromatic N) is 4. The first-order valence-corrected chi connectivity index (χ1v) is 9.58. The Morgan fingerprint density at radius 1 is 1.37 bits per heavy atom. The molecule has 0 saturated carbocycles. The number of amides is 2. The summed E-state index contributed by atoms with van der Waals surface area (Å²) in [6.45, 7) is 6.20. The van der Waals surface area contributed by atoms with E-state index in [9.17, 15) is 4.79 Å². The van der Waals surface area contributed by atoms with Gasteiger partial charge in [-0.1, -0.05) is 17.7 Å². The molecule has 3 aromatic rings. The van der Waals surface area contributed by atoms with Crippen molar-refractivity contribution < 1.29 is 4.79 Å². The van der Waals surface area contributed by atoms with Crippen LogP contribution < -0.4 is 5.32 Å². The van der Waals surface area contributed by atoms with Crippen LogP contribution in [0.3, 0.4) is 0 Å². The Balaban J connectivity index is 1.50. The first-order valence-electron chi connectivity index (χ1n) is 9.20. The van der Waals surface area contributed by atoms with Crippen molar-refractivity contribution in [3.05, 3.63) is 52.9 Å². The second-order valence-corrected chi connectivity index (χ2v) is 7.29. The number of aryl methyl sites for hydroxylation is 2. The van der Waals surface area contributed by atoms with E-state index in [0.717, 1.165) is 35.5 Å². The number of anilines is 1. The molecule has 2 amide bonds. The zero-order valence-electron chi connectivity index (χ0n) is 15.4. The second kappa shape index (κ2) is 7.19. The summed E-state index contributed by atoms with van der Waals surface area (Å²) in [6.07, 6.45) is 2.69. The maximum atomic E-state index is 12.6. The summed E-state index contributed by atoms with van der Waals surface area (Å²) in [6, 6.07) is 9.34. The highest BCUT2D eigenvalue weighted by molar-refractivity contribution is 6.31. The van der Waals surface area contributed by atoms with Crippen LogP contribution in [0, 0.1) is 6.92 Å². The van der Waals surface area contributed by atoms with E-state index < -0.39 is 0 Å². The fraction of sp³-hybridized carbons (Fsp3) is 0.350. The van der Waals surface area contributed by atoms with E-state index >= 15 is 0 Å². The molecule has 1 N–H and O–H groups in total. The number of fused-ring (bicyclic) bond motifs is 1. The maximum absolute atomic E-state index is 12.6. The molecule has 0 bridgehead atoms. The summed E-state index contributed by atoms with van der Waals surface area (Å²) in [5.41, 5.74) is 3.52. The molecule has 27 heavy (non-hydrogen) atoms. The molecule has 1 aliphatic heterocycles. The normalized spacial score (nSPS) is 16.9. The van der Waals surface area contributed by atoms with Crippen LogP contribution in [0.2, 0.25) is 5.02 Å². The van der Waals surface area contributed by atoms with Gasteiger partial charge in [-0.3, -0.25) is 0 Å². The number of aromatic nitrogens is 3. The largest absolute Gasteiger partial charge is 0.324 e. The third-order valence-corrected chi connectivity index (χ3v) is 5.52. The van der Waals surface area contributed by atoms with Gasteiger partial charge in [-0.05, 0) is 50.1 Å². The van der Waals surface area contributed by atoms with Crippen molar-refractivity contribution in [1.29, 1.82) is 0 Å². The smallest absolute Gasteiger partial charge is 0.321 e. The maximum Gasteiger partial charge on any atom is 0.321 e. The van der Waals surface area contributed by atoms with Crippen LogP contribution >= 0.6 is 11.6 Å². The minimum atomic E-state index is -0.102. The van der Waals surface area contributed by atoms with Gasteiger partial charge in [0.2, 0.25) is 0 Å². The number of likely N-dealkylation sites (tertiary alicyclic amines) is 1. The van der Waals surface area contributed by atoms with Crippen molar-refractivity contribution in [2.24, 2.45) is 0 Å². The third-order valence-electron chi connectivity index (χ3n) is 5.11. The number of carbonyl (C=O) groups is 1. The summed E-state index contributed by atoms with van der Waals surface area (Å²) >= 11 is 6.15. The van der Waals surface area contributed by atoms with E-state index in [4.69, 9.17) is 16.6 Å². The number of imidazole rings is 1. The van der Waals surface area contributed by atoms with E-state index in [1.165, 1.54) is 0 Å². The molecule has 1 aromatic carbocycles. The lowest BCUT2D eigenvalue weighted by Crippen LogP contribution is -2.33. The van der Waals surface area contributed by atoms with Crippen molar-refractivity contribution in [1.82, 2.24) is 19.4 Å². The average Bonchev–Trinajstić information content (AvgIpc) is 3.29. The Hall–Kier alpha value is -2.60. The molecule has 140 valence electrons. The highest BCUT2D eigenvalue weighted by Gasteiger charge is 2.31. The Morgan fingerprint density at radius 2 is 2.22 bits per heavy atom. The molecule has 0 spiro atoms. The molecular formula is C20H22ClN5O. The van der Waals surface area contributed by atoms with Gasteiger partial charge in [-0.15, -0.1) is 0 Å². The Morgan fingerprint density at radius 3 is 3.00 bits per heavy atom. The lowest BCUT2D eigenvalue weighted by molar-refractivity contribution is 0.222. The summed E-state index contributed by atoms with van der Waals surface area (Å²) in [7, 11) is 0. The fourth-order valence-electron chi connectivity index (χ4n) is 3.63. The standard InChI is InChI=1S/C20H22ClN5O/c1-3-26-18(24-17-5-4-9-22-19(17)26)14-8-10-25(12-14)20(27)23-15-7-6-13(2)16(21)11-15/h4-7,9,11,14H,3,8,10,12H2,1-2H3,(H,23,27)/t14-/m0/s1. The number of urea groups is 1. The SMILES string of the molecule is CCn1c([C@H]2CCN(C(=O)Nc3ccc(C)c(Cl)c3)C2)nc2cccnc21. The van der Waals surface area contributed by atoms with Gasteiger partial charge in [-0.2, -0.15) is 0 Å². The lowest BCUT2D eigenvalue weighted by atomic mass is 10.1. The minimum absolute atomic E-state index is 0.102. The van der Waals surface area contributed by atoms with Gasteiger partial charge in [0.25, 0.3) is 0 Å².